The van der Waals surface area contributed by atoms with Crippen LogP contribution in [0.3, 0.4) is 0 Å². The first-order valence-corrected chi connectivity index (χ1v) is 6.09. The Kier molecular flexibility index (Phi) is 7.78. The van der Waals surface area contributed by atoms with Crippen LogP contribution in [0.2, 0.25) is 0 Å². The van der Waals surface area contributed by atoms with E-state index in [1.165, 1.54) is 16.9 Å². The smallest absolute Gasteiger partial charge is 0.358 e. The molecule has 0 fully saturated rings. The Morgan fingerprint density at radius 2 is 2.25 bits per heavy atom. The van der Waals surface area contributed by atoms with Crippen LogP contribution in [0, 0.1) is 16.0 Å². The SMILES string of the molecule is CC(C)CC(CN)NC(=O)Cn1ccc([N+](=O)[O-])n1.Cl. The van der Waals surface area contributed by atoms with E-state index in [-0.39, 0.29) is 36.7 Å². The number of hydrogen-bond acceptors (Lipinski definition) is 5. The number of nitrogens with one attached hydrogen (secondary N) is 1. The molecule has 3 N–H and O–H groups in total. The first kappa shape index (κ1) is 18.3. The van der Waals surface area contributed by atoms with Gasteiger partial charge in [-0.15, -0.1) is 12.4 Å². The van der Waals surface area contributed by atoms with Crippen molar-refractivity contribution in [3.05, 3.63) is 22.4 Å². The van der Waals surface area contributed by atoms with Crippen molar-refractivity contribution in [1.29, 1.82) is 0 Å². The van der Waals surface area contributed by atoms with Crippen LogP contribution in [0.5, 0.6) is 0 Å². The van der Waals surface area contributed by atoms with E-state index in [4.69, 9.17) is 5.73 Å². The minimum Gasteiger partial charge on any atom is -0.358 e. The van der Waals surface area contributed by atoms with Crippen molar-refractivity contribution in [3.63, 3.8) is 0 Å². The Bertz CT molecular complexity index is 449. The second kappa shape index (κ2) is 8.49. The number of carbonyl (C=O) groups is 1. The quantitative estimate of drug-likeness (QED) is 0.568. The molecule has 0 bridgehead atoms. The number of nitro groups is 1. The minimum absolute atomic E-state index is 0. The maximum absolute atomic E-state index is 11.7. The van der Waals surface area contributed by atoms with Crippen LogP contribution in [-0.2, 0) is 11.3 Å². The summed E-state index contributed by atoms with van der Waals surface area (Å²) >= 11 is 0. The number of nitrogens with two attached hydrogens (primary N) is 1. The molecule has 0 aliphatic rings. The molecular formula is C11H20ClN5O3. The highest BCUT2D eigenvalue weighted by Gasteiger charge is 2.16. The van der Waals surface area contributed by atoms with E-state index in [9.17, 15) is 14.9 Å². The lowest BCUT2D eigenvalue weighted by Gasteiger charge is -2.18. The average Bonchev–Trinajstić information content (AvgIpc) is 2.75. The summed E-state index contributed by atoms with van der Waals surface area (Å²) in [4.78, 5) is 21.6. The van der Waals surface area contributed by atoms with Gasteiger partial charge in [0.1, 0.15) is 6.54 Å². The highest BCUT2D eigenvalue weighted by Crippen LogP contribution is 2.06. The molecule has 0 aliphatic heterocycles. The predicted octanol–water partition coefficient (Wildman–Crippen LogP) is 0.703. The highest BCUT2D eigenvalue weighted by atomic mass is 35.5. The van der Waals surface area contributed by atoms with Gasteiger partial charge in [-0.05, 0) is 17.3 Å². The topological polar surface area (TPSA) is 116 Å². The fourth-order valence-electron chi connectivity index (χ4n) is 1.74. The minimum atomic E-state index is -0.601. The summed E-state index contributed by atoms with van der Waals surface area (Å²) in [7, 11) is 0. The molecule has 1 aromatic rings. The Morgan fingerprint density at radius 3 is 2.70 bits per heavy atom. The first-order valence-electron chi connectivity index (χ1n) is 6.09. The Hall–Kier alpha value is -1.67. The third kappa shape index (κ3) is 5.98. The molecule has 1 rings (SSSR count). The van der Waals surface area contributed by atoms with Gasteiger partial charge in [0.25, 0.3) is 0 Å². The predicted molar refractivity (Wildman–Crippen MR) is 76.6 cm³/mol. The Balaban J connectivity index is 0.00000361. The van der Waals surface area contributed by atoms with Gasteiger partial charge >= 0.3 is 5.82 Å². The Labute approximate surface area is 123 Å². The zero-order valence-corrected chi connectivity index (χ0v) is 12.3. The van der Waals surface area contributed by atoms with Gasteiger partial charge in [-0.3, -0.25) is 4.79 Å². The molecule has 1 unspecified atom stereocenters. The molecule has 1 heterocycles. The number of hydrogen-bond donors (Lipinski definition) is 2. The fraction of sp³-hybridized carbons (Fsp3) is 0.636. The number of aromatic nitrogens is 2. The lowest BCUT2D eigenvalue weighted by atomic mass is 10.0. The van der Waals surface area contributed by atoms with E-state index in [0.29, 0.717) is 12.5 Å². The van der Waals surface area contributed by atoms with Gasteiger partial charge in [-0.25, -0.2) is 0 Å². The summed E-state index contributed by atoms with van der Waals surface area (Å²) in [5.41, 5.74) is 5.58. The number of nitrogens with zero attached hydrogens (tertiary/aromatic N) is 3. The molecule has 0 saturated carbocycles. The third-order valence-electron chi connectivity index (χ3n) is 2.52. The van der Waals surface area contributed by atoms with Crippen LogP contribution in [-0.4, -0.2) is 33.2 Å². The van der Waals surface area contributed by atoms with E-state index < -0.39 is 4.92 Å². The summed E-state index contributed by atoms with van der Waals surface area (Å²) in [6.45, 7) is 4.41. The van der Waals surface area contributed by atoms with Crippen molar-refractivity contribution < 1.29 is 9.72 Å². The highest BCUT2D eigenvalue weighted by molar-refractivity contribution is 5.85. The first-order chi connectivity index (χ1) is 8.92. The van der Waals surface area contributed by atoms with Gasteiger partial charge < -0.3 is 21.2 Å². The van der Waals surface area contributed by atoms with Crippen molar-refractivity contribution in [2.75, 3.05) is 6.54 Å². The van der Waals surface area contributed by atoms with E-state index in [0.717, 1.165) is 6.42 Å². The third-order valence-corrected chi connectivity index (χ3v) is 2.52. The normalized spacial score (nSPS) is 11.8. The zero-order valence-electron chi connectivity index (χ0n) is 11.5. The van der Waals surface area contributed by atoms with Gasteiger partial charge in [-0.1, -0.05) is 13.8 Å². The Morgan fingerprint density at radius 1 is 1.60 bits per heavy atom. The van der Waals surface area contributed by atoms with Gasteiger partial charge in [0.2, 0.25) is 5.91 Å². The maximum atomic E-state index is 11.7. The second-order valence-corrected chi connectivity index (χ2v) is 4.76. The van der Waals surface area contributed by atoms with Crippen molar-refractivity contribution in [2.45, 2.75) is 32.9 Å². The molecule has 0 spiro atoms. The van der Waals surface area contributed by atoms with Gasteiger partial charge in [0, 0.05) is 12.6 Å². The van der Waals surface area contributed by atoms with Crippen LogP contribution in [0.1, 0.15) is 20.3 Å². The van der Waals surface area contributed by atoms with Crippen molar-refractivity contribution >= 4 is 24.1 Å². The summed E-state index contributed by atoms with van der Waals surface area (Å²) in [5, 5.41) is 16.9. The lowest BCUT2D eigenvalue weighted by Crippen LogP contribution is -2.42. The van der Waals surface area contributed by atoms with Crippen LogP contribution in [0.4, 0.5) is 5.82 Å². The van der Waals surface area contributed by atoms with E-state index in [1.807, 2.05) is 13.8 Å². The average molecular weight is 306 g/mol. The molecule has 1 atom stereocenters. The van der Waals surface area contributed by atoms with Crippen LogP contribution < -0.4 is 11.1 Å². The molecule has 1 amide bonds. The van der Waals surface area contributed by atoms with Gasteiger partial charge in [0.05, 0.1) is 17.4 Å². The van der Waals surface area contributed by atoms with E-state index in [2.05, 4.69) is 10.4 Å². The maximum Gasteiger partial charge on any atom is 0.389 e. The molecule has 0 radical (unpaired) electrons. The monoisotopic (exact) mass is 305 g/mol. The molecule has 0 aromatic carbocycles. The summed E-state index contributed by atoms with van der Waals surface area (Å²) in [5.74, 6) is -0.0981. The second-order valence-electron chi connectivity index (χ2n) is 4.76. The van der Waals surface area contributed by atoms with Crippen molar-refractivity contribution in [2.24, 2.45) is 11.7 Å². The van der Waals surface area contributed by atoms with E-state index in [1.54, 1.807) is 0 Å². The van der Waals surface area contributed by atoms with Crippen LogP contribution >= 0.6 is 12.4 Å². The molecule has 1 aromatic heterocycles. The van der Waals surface area contributed by atoms with Crippen molar-refractivity contribution in [1.82, 2.24) is 15.1 Å². The zero-order chi connectivity index (χ0) is 14.4. The lowest BCUT2D eigenvalue weighted by molar-refractivity contribution is -0.389. The number of rotatable bonds is 7. The van der Waals surface area contributed by atoms with Gasteiger partial charge in [0.15, 0.2) is 0 Å². The van der Waals surface area contributed by atoms with Crippen LogP contribution in [0.15, 0.2) is 12.3 Å². The largest absolute Gasteiger partial charge is 0.389 e. The molecule has 9 heteroatoms. The number of halogens is 1. The van der Waals surface area contributed by atoms with Crippen LogP contribution in [0.25, 0.3) is 0 Å². The fourth-order valence-corrected chi connectivity index (χ4v) is 1.74. The molecule has 114 valence electrons. The molecule has 8 nitrogen and oxygen atoms in total. The summed E-state index contributed by atoms with van der Waals surface area (Å²) < 4.78 is 1.23. The summed E-state index contributed by atoms with van der Waals surface area (Å²) in [6.07, 6.45) is 2.19. The van der Waals surface area contributed by atoms with E-state index >= 15 is 0 Å². The number of carbonyl (C=O) groups excluding carboxylic acids is 1. The molecule has 0 aliphatic carbocycles. The number of amides is 1. The molecule has 0 saturated heterocycles. The standard InChI is InChI=1S/C11H19N5O3.ClH/c1-8(2)5-9(6-12)13-11(17)7-15-4-3-10(14-15)16(18)19;/h3-4,8-9H,5-7,12H2,1-2H3,(H,13,17);1H. The molecule has 20 heavy (non-hydrogen) atoms. The van der Waals surface area contributed by atoms with Gasteiger partial charge in [-0.2, -0.15) is 4.68 Å². The summed E-state index contributed by atoms with van der Waals surface area (Å²) in [6, 6.07) is 1.17. The molecular weight excluding hydrogens is 286 g/mol. The van der Waals surface area contributed by atoms with Crippen molar-refractivity contribution in [3.8, 4) is 0 Å².